The smallest absolute Gasteiger partial charge is 0.278 e. The van der Waals surface area contributed by atoms with E-state index in [1.54, 1.807) is 24.3 Å². The van der Waals surface area contributed by atoms with Crippen molar-refractivity contribution in [3.63, 3.8) is 0 Å². The van der Waals surface area contributed by atoms with Gasteiger partial charge in [0.25, 0.3) is 5.91 Å². The van der Waals surface area contributed by atoms with E-state index in [1.165, 1.54) is 13.3 Å². The molecule has 0 spiro atoms. The number of nitrogens with zero attached hydrogens (tertiary/aromatic N) is 4. The largest absolute Gasteiger partial charge is 0.504 e. The zero-order chi connectivity index (χ0) is 19.9. The van der Waals surface area contributed by atoms with Gasteiger partial charge < -0.3 is 19.5 Å². The van der Waals surface area contributed by atoms with Crippen LogP contribution >= 0.6 is 0 Å². The molecular weight excluding hydrogens is 362 g/mol. The topological polar surface area (TPSA) is 109 Å². The van der Waals surface area contributed by atoms with Crippen molar-refractivity contribution < 1.29 is 19.4 Å². The molecule has 2 N–H and O–H groups in total. The van der Waals surface area contributed by atoms with Crippen LogP contribution in [0, 0.1) is 6.92 Å². The fourth-order valence-corrected chi connectivity index (χ4v) is 2.81. The Morgan fingerprint density at radius 2 is 2.14 bits per heavy atom. The number of aromatic hydroxyl groups is 1. The van der Waals surface area contributed by atoms with Crippen LogP contribution in [-0.4, -0.2) is 54.0 Å². The van der Waals surface area contributed by atoms with E-state index in [2.05, 4.69) is 25.4 Å². The zero-order valence-corrected chi connectivity index (χ0v) is 15.9. The molecule has 1 aromatic carbocycles. The van der Waals surface area contributed by atoms with Gasteiger partial charge in [0, 0.05) is 30.4 Å². The summed E-state index contributed by atoms with van der Waals surface area (Å²) in [7, 11) is 1.46. The number of hydrogen-bond donors (Lipinski definition) is 2. The number of hydrogen-bond acceptors (Lipinski definition) is 8. The molecule has 1 saturated heterocycles. The summed E-state index contributed by atoms with van der Waals surface area (Å²) in [6.07, 6.45) is 3.57. The molecule has 0 unspecified atom stereocenters. The lowest BCUT2D eigenvalue weighted by atomic mass is 10.2. The predicted molar refractivity (Wildman–Crippen MR) is 104 cm³/mol. The minimum atomic E-state index is -0.447. The van der Waals surface area contributed by atoms with Crippen LogP contribution in [0.1, 0.15) is 24.1 Å². The van der Waals surface area contributed by atoms with Gasteiger partial charge in [-0.15, -0.1) is 0 Å². The van der Waals surface area contributed by atoms with Crippen molar-refractivity contribution in [1.29, 1.82) is 0 Å². The highest BCUT2D eigenvalue weighted by molar-refractivity contribution is 5.86. The molecule has 2 aromatic rings. The van der Waals surface area contributed by atoms with Gasteiger partial charge in [0.15, 0.2) is 18.1 Å². The maximum atomic E-state index is 11.9. The first kappa shape index (κ1) is 19.4. The third kappa shape index (κ3) is 4.87. The third-order valence-electron chi connectivity index (χ3n) is 4.20. The molecule has 0 radical (unpaired) electrons. The van der Waals surface area contributed by atoms with Crippen molar-refractivity contribution in [2.45, 2.75) is 19.8 Å². The van der Waals surface area contributed by atoms with E-state index in [4.69, 9.17) is 9.47 Å². The molecule has 3 rings (SSSR count). The fourth-order valence-electron chi connectivity index (χ4n) is 2.81. The summed E-state index contributed by atoms with van der Waals surface area (Å²) < 4.78 is 10.5. The molecule has 0 aliphatic carbocycles. The minimum Gasteiger partial charge on any atom is -0.504 e. The van der Waals surface area contributed by atoms with Gasteiger partial charge in [-0.05, 0) is 31.9 Å². The SMILES string of the molecule is COc1cccc(C=NNC(=O)COc2cc(C)nc(N3CCCC3)n2)c1O. The molecule has 1 fully saturated rings. The first-order valence-electron chi connectivity index (χ1n) is 8.98. The van der Waals surface area contributed by atoms with E-state index in [1.807, 2.05) is 6.92 Å². The van der Waals surface area contributed by atoms with E-state index in [0.717, 1.165) is 31.6 Å². The normalized spacial score (nSPS) is 13.7. The van der Waals surface area contributed by atoms with Crippen LogP contribution in [0.3, 0.4) is 0 Å². The number of nitrogens with one attached hydrogen (secondary N) is 1. The highest BCUT2D eigenvalue weighted by Crippen LogP contribution is 2.27. The van der Waals surface area contributed by atoms with Gasteiger partial charge in [0.2, 0.25) is 11.8 Å². The van der Waals surface area contributed by atoms with Crippen molar-refractivity contribution in [1.82, 2.24) is 15.4 Å². The number of ether oxygens (including phenoxy) is 2. The maximum Gasteiger partial charge on any atom is 0.278 e. The molecule has 0 saturated carbocycles. The first-order chi connectivity index (χ1) is 13.6. The monoisotopic (exact) mass is 385 g/mol. The second kappa shape index (κ2) is 9.03. The van der Waals surface area contributed by atoms with Crippen molar-refractivity contribution in [3.05, 3.63) is 35.5 Å². The first-order valence-corrected chi connectivity index (χ1v) is 8.98. The Morgan fingerprint density at radius 1 is 1.36 bits per heavy atom. The van der Waals surface area contributed by atoms with Gasteiger partial charge in [-0.3, -0.25) is 4.79 Å². The zero-order valence-electron chi connectivity index (χ0n) is 15.9. The summed E-state index contributed by atoms with van der Waals surface area (Å²) in [5.74, 6) is 0.799. The molecule has 28 heavy (non-hydrogen) atoms. The summed E-state index contributed by atoms with van der Waals surface area (Å²) in [5, 5.41) is 13.8. The van der Waals surface area contributed by atoms with Crippen LogP contribution < -0.4 is 19.8 Å². The lowest BCUT2D eigenvalue weighted by molar-refractivity contribution is -0.123. The van der Waals surface area contributed by atoms with E-state index < -0.39 is 5.91 Å². The number of benzene rings is 1. The lowest BCUT2D eigenvalue weighted by Gasteiger charge is -2.16. The number of rotatable bonds is 7. The van der Waals surface area contributed by atoms with Crippen molar-refractivity contribution in [2.24, 2.45) is 5.10 Å². The quantitative estimate of drug-likeness (QED) is 0.551. The number of phenolic OH excluding ortho intramolecular Hbond substituents is 1. The molecule has 1 aliphatic heterocycles. The summed E-state index contributed by atoms with van der Waals surface area (Å²) in [4.78, 5) is 22.9. The van der Waals surface area contributed by atoms with E-state index in [9.17, 15) is 9.90 Å². The Labute approximate surface area is 163 Å². The molecule has 1 amide bonds. The van der Waals surface area contributed by atoms with Crippen LogP contribution in [0.2, 0.25) is 0 Å². The molecular formula is C19H23N5O4. The van der Waals surface area contributed by atoms with Gasteiger partial charge in [-0.1, -0.05) is 6.07 Å². The number of phenols is 1. The Morgan fingerprint density at radius 3 is 2.89 bits per heavy atom. The number of carbonyl (C=O) groups is 1. The van der Waals surface area contributed by atoms with Crippen LogP contribution in [0.4, 0.5) is 5.95 Å². The summed E-state index contributed by atoms with van der Waals surface area (Å²) >= 11 is 0. The van der Waals surface area contributed by atoms with Gasteiger partial charge in [-0.25, -0.2) is 10.4 Å². The number of hydrazone groups is 1. The van der Waals surface area contributed by atoms with E-state index in [-0.39, 0.29) is 12.4 Å². The molecule has 9 nitrogen and oxygen atoms in total. The highest BCUT2D eigenvalue weighted by atomic mass is 16.5. The fraction of sp³-hybridized carbons (Fsp3) is 0.368. The molecule has 9 heteroatoms. The third-order valence-corrected chi connectivity index (χ3v) is 4.20. The Hall–Kier alpha value is -3.36. The second-order valence-electron chi connectivity index (χ2n) is 6.32. The number of anilines is 1. The molecule has 2 heterocycles. The lowest BCUT2D eigenvalue weighted by Crippen LogP contribution is -2.25. The molecule has 1 aromatic heterocycles. The van der Waals surface area contributed by atoms with Gasteiger partial charge in [-0.2, -0.15) is 10.1 Å². The maximum absolute atomic E-state index is 11.9. The number of methoxy groups -OCH3 is 1. The number of aryl methyl sites for hydroxylation is 1. The predicted octanol–water partition coefficient (Wildman–Crippen LogP) is 1.63. The van der Waals surface area contributed by atoms with Crippen LogP contribution in [0.15, 0.2) is 29.4 Å². The van der Waals surface area contributed by atoms with E-state index >= 15 is 0 Å². The average Bonchev–Trinajstić information content (AvgIpc) is 3.22. The van der Waals surface area contributed by atoms with Crippen molar-refractivity contribution >= 4 is 18.1 Å². The summed E-state index contributed by atoms with van der Waals surface area (Å²) in [5.41, 5.74) is 3.55. The summed E-state index contributed by atoms with van der Waals surface area (Å²) in [6, 6.07) is 6.66. The number of aromatic nitrogens is 2. The molecule has 1 aliphatic rings. The van der Waals surface area contributed by atoms with Crippen LogP contribution in [-0.2, 0) is 4.79 Å². The Balaban J connectivity index is 1.54. The minimum absolute atomic E-state index is 0.0508. The van der Waals surface area contributed by atoms with Crippen molar-refractivity contribution in [2.75, 3.05) is 31.7 Å². The Kier molecular flexibility index (Phi) is 6.25. The molecule has 0 bridgehead atoms. The highest BCUT2D eigenvalue weighted by Gasteiger charge is 2.16. The van der Waals surface area contributed by atoms with Gasteiger partial charge in [0.1, 0.15) is 0 Å². The van der Waals surface area contributed by atoms with Crippen LogP contribution in [0.25, 0.3) is 0 Å². The van der Waals surface area contributed by atoms with Crippen molar-refractivity contribution in [3.8, 4) is 17.4 Å². The van der Waals surface area contributed by atoms with Gasteiger partial charge in [0.05, 0.1) is 13.3 Å². The standard InChI is InChI=1S/C19H23N5O4/c1-13-10-17(22-19(21-13)24-8-3-4-9-24)28-12-16(25)23-20-11-14-6-5-7-15(27-2)18(14)26/h5-7,10-11,26H,3-4,8-9,12H2,1-2H3,(H,23,25). The van der Waals surface area contributed by atoms with Gasteiger partial charge >= 0.3 is 0 Å². The summed E-state index contributed by atoms with van der Waals surface area (Å²) in [6.45, 7) is 3.47. The average molecular weight is 385 g/mol. The van der Waals surface area contributed by atoms with E-state index in [0.29, 0.717) is 23.1 Å². The molecule has 0 atom stereocenters. The Bertz CT molecular complexity index is 865. The number of carbonyl (C=O) groups excluding carboxylic acids is 1. The molecule has 148 valence electrons. The number of amides is 1. The second-order valence-corrected chi connectivity index (χ2v) is 6.32. The number of para-hydroxylation sites is 1. The van der Waals surface area contributed by atoms with Crippen LogP contribution in [0.5, 0.6) is 17.4 Å².